The molecule has 1 aromatic carbocycles. The molecule has 5 amide bonds. The van der Waals surface area contributed by atoms with E-state index in [0.717, 1.165) is 18.5 Å². The molecule has 2 aromatic rings. The monoisotopic (exact) mass is 443 g/mol. The molecule has 0 atom stereocenters. The van der Waals surface area contributed by atoms with Gasteiger partial charge in [0.05, 0.1) is 11.2 Å². The SMILES string of the molecule is O=C(NCCCN1C(=O)NC2(CCCC2)C1=O)Nc1cccc(OCc2cscn2)c1. The van der Waals surface area contributed by atoms with Crippen molar-refractivity contribution in [1.29, 1.82) is 0 Å². The number of urea groups is 2. The van der Waals surface area contributed by atoms with Crippen molar-refractivity contribution < 1.29 is 19.1 Å². The van der Waals surface area contributed by atoms with Crippen molar-refractivity contribution in [2.75, 3.05) is 18.4 Å². The van der Waals surface area contributed by atoms with E-state index >= 15 is 0 Å². The molecule has 2 fully saturated rings. The number of ether oxygens (including phenoxy) is 1. The lowest BCUT2D eigenvalue weighted by atomic mass is 9.98. The zero-order chi connectivity index (χ0) is 21.7. The van der Waals surface area contributed by atoms with Crippen LogP contribution in [-0.2, 0) is 11.4 Å². The minimum absolute atomic E-state index is 0.131. The van der Waals surface area contributed by atoms with Crippen LogP contribution in [0.25, 0.3) is 0 Å². The number of imide groups is 1. The van der Waals surface area contributed by atoms with Crippen LogP contribution < -0.4 is 20.7 Å². The first-order chi connectivity index (χ1) is 15.1. The number of hydrogen-bond donors (Lipinski definition) is 3. The fourth-order valence-electron chi connectivity index (χ4n) is 3.94. The Morgan fingerprint density at radius 1 is 1.29 bits per heavy atom. The van der Waals surface area contributed by atoms with E-state index in [-0.39, 0.29) is 24.5 Å². The van der Waals surface area contributed by atoms with Crippen molar-refractivity contribution in [3.05, 3.63) is 40.8 Å². The highest BCUT2D eigenvalue weighted by Gasteiger charge is 2.51. The second kappa shape index (κ2) is 9.34. The number of hydrogen-bond acceptors (Lipinski definition) is 6. The van der Waals surface area contributed by atoms with Crippen LogP contribution in [0.3, 0.4) is 0 Å². The molecule has 164 valence electrons. The van der Waals surface area contributed by atoms with Gasteiger partial charge in [0, 0.05) is 30.2 Å². The molecule has 1 spiro atoms. The molecule has 2 aliphatic rings. The Kier molecular flexibility index (Phi) is 6.36. The van der Waals surface area contributed by atoms with Gasteiger partial charge >= 0.3 is 12.1 Å². The molecule has 3 N–H and O–H groups in total. The predicted octanol–water partition coefficient (Wildman–Crippen LogP) is 3.10. The maximum atomic E-state index is 12.6. The number of aromatic nitrogens is 1. The smallest absolute Gasteiger partial charge is 0.325 e. The Bertz CT molecular complexity index is 943. The summed E-state index contributed by atoms with van der Waals surface area (Å²) in [5, 5.41) is 10.3. The van der Waals surface area contributed by atoms with E-state index in [0.29, 0.717) is 43.9 Å². The molecule has 0 radical (unpaired) electrons. The summed E-state index contributed by atoms with van der Waals surface area (Å²) in [4.78, 5) is 42.4. The highest BCUT2D eigenvalue weighted by Crippen LogP contribution is 2.35. The van der Waals surface area contributed by atoms with Crippen LogP contribution in [0.1, 0.15) is 37.8 Å². The Morgan fingerprint density at radius 2 is 2.13 bits per heavy atom. The molecule has 1 aliphatic carbocycles. The zero-order valence-electron chi connectivity index (χ0n) is 17.1. The molecule has 1 saturated carbocycles. The lowest BCUT2D eigenvalue weighted by molar-refractivity contribution is -0.131. The van der Waals surface area contributed by atoms with Crippen molar-refractivity contribution in [3.8, 4) is 5.75 Å². The normalized spacial score (nSPS) is 17.1. The molecule has 1 saturated heterocycles. The zero-order valence-corrected chi connectivity index (χ0v) is 17.9. The number of amides is 5. The number of benzene rings is 1. The fraction of sp³-hybridized carbons (Fsp3) is 0.429. The van der Waals surface area contributed by atoms with Crippen LogP contribution in [0, 0.1) is 0 Å². The molecule has 0 unspecified atom stereocenters. The standard InChI is InChI=1S/C21H25N5O4S/c27-18-21(7-1-2-8-21)25-20(29)26(18)10-4-9-22-19(28)24-15-5-3-6-17(11-15)30-12-16-13-31-14-23-16/h3,5-6,11,13-14H,1-2,4,7-10,12H2,(H,25,29)(H2,22,24,28). The minimum atomic E-state index is -0.686. The molecule has 31 heavy (non-hydrogen) atoms. The molecule has 10 heteroatoms. The van der Waals surface area contributed by atoms with Crippen LogP contribution >= 0.6 is 11.3 Å². The summed E-state index contributed by atoms with van der Waals surface area (Å²) < 4.78 is 5.69. The Labute approximate surface area is 184 Å². The van der Waals surface area contributed by atoms with E-state index in [1.165, 1.54) is 16.2 Å². The Balaban J connectivity index is 1.19. The molecule has 2 heterocycles. The van der Waals surface area contributed by atoms with Gasteiger partial charge in [0.15, 0.2) is 0 Å². The fourth-order valence-corrected chi connectivity index (χ4v) is 4.48. The van der Waals surface area contributed by atoms with Crippen LogP contribution in [0.15, 0.2) is 35.2 Å². The van der Waals surface area contributed by atoms with Gasteiger partial charge in [0.25, 0.3) is 5.91 Å². The van der Waals surface area contributed by atoms with Crippen LogP contribution in [0.2, 0.25) is 0 Å². The molecule has 4 rings (SSSR count). The van der Waals surface area contributed by atoms with Gasteiger partial charge in [-0.2, -0.15) is 0 Å². The van der Waals surface area contributed by atoms with E-state index in [1.807, 2.05) is 11.4 Å². The summed E-state index contributed by atoms with van der Waals surface area (Å²) in [5.74, 6) is 0.499. The number of carbonyl (C=O) groups is 3. The molecule has 0 bridgehead atoms. The topological polar surface area (TPSA) is 113 Å². The number of thiazole rings is 1. The number of carbonyl (C=O) groups excluding carboxylic acids is 3. The highest BCUT2D eigenvalue weighted by molar-refractivity contribution is 7.07. The number of anilines is 1. The molecule has 1 aliphatic heterocycles. The third-order valence-corrected chi connectivity index (χ3v) is 6.14. The van der Waals surface area contributed by atoms with Crippen molar-refractivity contribution in [3.63, 3.8) is 0 Å². The quantitative estimate of drug-likeness (QED) is 0.429. The first kappa shape index (κ1) is 21.1. The summed E-state index contributed by atoms with van der Waals surface area (Å²) in [7, 11) is 0. The average molecular weight is 444 g/mol. The molecule has 1 aromatic heterocycles. The molecular weight excluding hydrogens is 418 g/mol. The van der Waals surface area contributed by atoms with E-state index in [9.17, 15) is 14.4 Å². The summed E-state index contributed by atoms with van der Waals surface area (Å²) in [6, 6.07) is 6.42. The predicted molar refractivity (Wildman–Crippen MR) is 116 cm³/mol. The van der Waals surface area contributed by atoms with Crippen LogP contribution in [0.5, 0.6) is 5.75 Å². The maximum absolute atomic E-state index is 12.6. The lowest BCUT2D eigenvalue weighted by Gasteiger charge is -2.20. The average Bonchev–Trinajstić information content (AvgIpc) is 3.48. The maximum Gasteiger partial charge on any atom is 0.325 e. The van der Waals surface area contributed by atoms with Gasteiger partial charge in [-0.15, -0.1) is 11.3 Å². The third kappa shape index (κ3) is 4.96. The summed E-state index contributed by atoms with van der Waals surface area (Å²) in [6.07, 6.45) is 3.82. The molecule has 9 nitrogen and oxygen atoms in total. The van der Waals surface area contributed by atoms with Gasteiger partial charge < -0.3 is 20.7 Å². The van der Waals surface area contributed by atoms with Gasteiger partial charge in [0.2, 0.25) is 0 Å². The number of nitrogens with one attached hydrogen (secondary N) is 3. The highest BCUT2D eigenvalue weighted by atomic mass is 32.1. The summed E-state index contributed by atoms with van der Waals surface area (Å²) in [5.41, 5.74) is 2.52. The Morgan fingerprint density at radius 3 is 2.90 bits per heavy atom. The number of nitrogens with zero attached hydrogens (tertiary/aromatic N) is 2. The first-order valence-corrected chi connectivity index (χ1v) is 11.3. The second-order valence-electron chi connectivity index (χ2n) is 7.71. The molecular formula is C21H25N5O4S. The van der Waals surface area contributed by atoms with E-state index in [1.54, 1.807) is 23.7 Å². The van der Waals surface area contributed by atoms with Crippen molar-refractivity contribution in [2.45, 2.75) is 44.2 Å². The minimum Gasteiger partial charge on any atom is -0.487 e. The van der Waals surface area contributed by atoms with Gasteiger partial charge in [-0.3, -0.25) is 9.69 Å². The van der Waals surface area contributed by atoms with Gasteiger partial charge in [-0.1, -0.05) is 18.9 Å². The summed E-state index contributed by atoms with van der Waals surface area (Å²) in [6.45, 7) is 0.992. The summed E-state index contributed by atoms with van der Waals surface area (Å²) >= 11 is 1.51. The van der Waals surface area contributed by atoms with Gasteiger partial charge in [-0.25, -0.2) is 14.6 Å². The Hall–Kier alpha value is -3.14. The van der Waals surface area contributed by atoms with Crippen molar-refractivity contribution >= 4 is 35.0 Å². The van der Waals surface area contributed by atoms with E-state index in [2.05, 4.69) is 20.9 Å². The van der Waals surface area contributed by atoms with E-state index in [4.69, 9.17) is 4.74 Å². The number of rotatable bonds is 8. The van der Waals surface area contributed by atoms with Crippen LogP contribution in [-0.4, -0.2) is 46.5 Å². The largest absolute Gasteiger partial charge is 0.487 e. The van der Waals surface area contributed by atoms with E-state index < -0.39 is 5.54 Å². The second-order valence-corrected chi connectivity index (χ2v) is 8.43. The lowest BCUT2D eigenvalue weighted by Crippen LogP contribution is -2.44. The third-order valence-electron chi connectivity index (χ3n) is 5.51. The van der Waals surface area contributed by atoms with Crippen LogP contribution in [0.4, 0.5) is 15.3 Å². The van der Waals surface area contributed by atoms with Crippen molar-refractivity contribution in [2.24, 2.45) is 0 Å². The first-order valence-electron chi connectivity index (χ1n) is 10.3. The van der Waals surface area contributed by atoms with Gasteiger partial charge in [0.1, 0.15) is 17.9 Å². The van der Waals surface area contributed by atoms with Gasteiger partial charge in [-0.05, 0) is 31.4 Å². The van der Waals surface area contributed by atoms with Crippen molar-refractivity contribution in [1.82, 2.24) is 20.5 Å².